The van der Waals surface area contributed by atoms with Crippen molar-refractivity contribution in [1.29, 1.82) is 0 Å². The Morgan fingerprint density at radius 2 is 2.00 bits per heavy atom. The molecule has 1 aromatic heterocycles. The molecule has 1 unspecified atom stereocenters. The van der Waals surface area contributed by atoms with Gasteiger partial charge in [0.15, 0.2) is 0 Å². The van der Waals surface area contributed by atoms with E-state index in [1.165, 1.54) is 6.20 Å². The summed E-state index contributed by atoms with van der Waals surface area (Å²) in [5.74, 6) is -0.245. The van der Waals surface area contributed by atoms with Crippen LogP contribution >= 0.6 is 0 Å². The Morgan fingerprint density at radius 1 is 1.25 bits per heavy atom. The van der Waals surface area contributed by atoms with Crippen molar-refractivity contribution in [2.75, 3.05) is 6.61 Å². The van der Waals surface area contributed by atoms with Crippen LogP contribution in [0.4, 0.5) is 13.2 Å². The molecule has 1 aromatic carbocycles. The normalized spacial score (nSPS) is 20.0. The van der Waals surface area contributed by atoms with Crippen LogP contribution < -0.4 is 10.1 Å². The van der Waals surface area contributed by atoms with E-state index in [-0.39, 0.29) is 0 Å². The van der Waals surface area contributed by atoms with Crippen molar-refractivity contribution >= 4 is 5.91 Å². The molecule has 0 aliphatic carbocycles. The smallest absolute Gasteiger partial charge is 0.418 e. The Morgan fingerprint density at radius 3 is 2.75 bits per heavy atom. The van der Waals surface area contributed by atoms with E-state index >= 15 is 0 Å². The summed E-state index contributed by atoms with van der Waals surface area (Å²) in [5.41, 5.74) is -1.78. The Bertz CT molecular complexity index is 776. The number of hydrogen-bond acceptors (Lipinski definition) is 3. The van der Waals surface area contributed by atoms with Gasteiger partial charge in [0, 0.05) is 18.2 Å². The van der Waals surface area contributed by atoms with E-state index in [1.807, 2.05) is 0 Å². The van der Waals surface area contributed by atoms with Gasteiger partial charge < -0.3 is 10.1 Å². The van der Waals surface area contributed by atoms with Gasteiger partial charge in [-0.1, -0.05) is 18.2 Å². The molecule has 1 aliphatic rings. The molecular formula is C17H15F3N2O2. The van der Waals surface area contributed by atoms with Gasteiger partial charge in [0.2, 0.25) is 0 Å². The third kappa shape index (κ3) is 2.93. The first-order chi connectivity index (χ1) is 11.3. The monoisotopic (exact) mass is 336 g/mol. The van der Waals surface area contributed by atoms with Gasteiger partial charge >= 0.3 is 6.18 Å². The van der Waals surface area contributed by atoms with Gasteiger partial charge in [-0.3, -0.25) is 9.78 Å². The Labute approximate surface area is 136 Å². The highest BCUT2D eigenvalue weighted by atomic mass is 19.4. The van der Waals surface area contributed by atoms with Gasteiger partial charge in [0.05, 0.1) is 17.7 Å². The SMILES string of the molecule is CC1(NC(=O)c2ncccc2C(F)(F)F)CCOc2ccccc21. The predicted octanol–water partition coefficient (Wildman–Crippen LogP) is 3.53. The second kappa shape index (κ2) is 5.81. The van der Waals surface area contributed by atoms with Gasteiger partial charge in [-0.05, 0) is 25.1 Å². The van der Waals surface area contributed by atoms with Crippen molar-refractivity contribution in [2.45, 2.75) is 25.1 Å². The number of amides is 1. The van der Waals surface area contributed by atoms with Gasteiger partial charge in [-0.25, -0.2) is 0 Å². The summed E-state index contributed by atoms with van der Waals surface area (Å²) in [7, 11) is 0. The quantitative estimate of drug-likeness (QED) is 0.913. The minimum Gasteiger partial charge on any atom is -0.493 e. The molecule has 0 saturated heterocycles. The maximum atomic E-state index is 13.1. The lowest BCUT2D eigenvalue weighted by Crippen LogP contribution is -2.47. The average Bonchev–Trinajstić information content (AvgIpc) is 2.54. The van der Waals surface area contributed by atoms with Gasteiger partial charge in [-0.2, -0.15) is 13.2 Å². The number of benzene rings is 1. The molecule has 2 heterocycles. The van der Waals surface area contributed by atoms with E-state index in [9.17, 15) is 18.0 Å². The van der Waals surface area contributed by atoms with E-state index < -0.39 is 28.9 Å². The van der Waals surface area contributed by atoms with Gasteiger partial charge in [0.25, 0.3) is 5.91 Å². The fourth-order valence-corrected chi connectivity index (χ4v) is 2.80. The summed E-state index contributed by atoms with van der Waals surface area (Å²) < 4.78 is 44.8. The lowest BCUT2D eigenvalue weighted by molar-refractivity contribution is -0.138. The zero-order chi connectivity index (χ0) is 17.4. The van der Waals surface area contributed by atoms with Crippen LogP contribution in [0.2, 0.25) is 0 Å². The first-order valence-corrected chi connectivity index (χ1v) is 7.38. The number of ether oxygens (including phenoxy) is 1. The number of nitrogens with zero attached hydrogens (tertiary/aromatic N) is 1. The molecule has 0 bridgehead atoms. The number of aromatic nitrogens is 1. The minimum atomic E-state index is -4.64. The number of hydrogen-bond donors (Lipinski definition) is 1. The van der Waals surface area contributed by atoms with Crippen LogP contribution in [0, 0.1) is 0 Å². The molecule has 2 aromatic rings. The van der Waals surface area contributed by atoms with Crippen molar-refractivity contribution in [2.24, 2.45) is 0 Å². The number of pyridine rings is 1. The molecule has 4 nitrogen and oxygen atoms in total. The molecule has 126 valence electrons. The molecular weight excluding hydrogens is 321 g/mol. The second-order valence-corrected chi connectivity index (χ2v) is 5.78. The first-order valence-electron chi connectivity index (χ1n) is 7.38. The molecule has 0 radical (unpaired) electrons. The number of para-hydroxylation sites is 1. The number of halogens is 3. The summed E-state index contributed by atoms with van der Waals surface area (Å²) >= 11 is 0. The van der Waals surface area contributed by atoms with E-state index in [4.69, 9.17) is 4.74 Å². The number of alkyl halides is 3. The number of rotatable bonds is 2. The topological polar surface area (TPSA) is 51.2 Å². The van der Waals surface area contributed by atoms with Crippen molar-refractivity contribution in [3.05, 3.63) is 59.4 Å². The van der Waals surface area contributed by atoms with Crippen molar-refractivity contribution < 1.29 is 22.7 Å². The molecule has 1 atom stereocenters. The van der Waals surface area contributed by atoms with Gasteiger partial charge in [-0.15, -0.1) is 0 Å². The summed E-state index contributed by atoms with van der Waals surface area (Å²) in [5, 5.41) is 2.70. The second-order valence-electron chi connectivity index (χ2n) is 5.78. The Kier molecular flexibility index (Phi) is 3.95. The van der Waals surface area contributed by atoms with Crippen LogP contribution in [-0.2, 0) is 11.7 Å². The number of carbonyl (C=O) groups excluding carboxylic acids is 1. The largest absolute Gasteiger partial charge is 0.493 e. The Balaban J connectivity index is 1.95. The number of fused-ring (bicyclic) bond motifs is 1. The summed E-state index contributed by atoms with van der Waals surface area (Å²) in [4.78, 5) is 16.1. The van der Waals surface area contributed by atoms with Gasteiger partial charge in [0.1, 0.15) is 11.4 Å². The molecule has 0 spiro atoms. The zero-order valence-corrected chi connectivity index (χ0v) is 12.9. The van der Waals surface area contributed by atoms with E-state index in [2.05, 4.69) is 10.3 Å². The average molecular weight is 336 g/mol. The number of nitrogens with one attached hydrogen (secondary N) is 1. The first kappa shape index (κ1) is 16.3. The number of carbonyl (C=O) groups is 1. The molecule has 0 saturated carbocycles. The van der Waals surface area contributed by atoms with Crippen LogP contribution in [0.3, 0.4) is 0 Å². The standard InChI is InChI=1S/C17H15F3N2O2/c1-16(8-10-24-13-7-3-2-5-11(13)16)22-15(23)14-12(17(18,19)20)6-4-9-21-14/h2-7,9H,8,10H2,1H3,(H,22,23). The zero-order valence-electron chi connectivity index (χ0n) is 12.9. The fourth-order valence-electron chi connectivity index (χ4n) is 2.80. The van der Waals surface area contributed by atoms with E-state index in [0.717, 1.165) is 17.7 Å². The highest BCUT2D eigenvalue weighted by Crippen LogP contribution is 2.37. The molecule has 1 aliphatic heterocycles. The summed E-state index contributed by atoms with van der Waals surface area (Å²) in [6.45, 7) is 2.13. The summed E-state index contributed by atoms with van der Waals surface area (Å²) in [6, 6.07) is 9.15. The molecule has 1 N–H and O–H groups in total. The lowest BCUT2D eigenvalue weighted by Gasteiger charge is -2.36. The van der Waals surface area contributed by atoms with E-state index in [0.29, 0.717) is 18.8 Å². The molecule has 1 amide bonds. The Hall–Kier alpha value is -2.57. The molecule has 24 heavy (non-hydrogen) atoms. The van der Waals surface area contributed by atoms with Crippen molar-refractivity contribution in [1.82, 2.24) is 10.3 Å². The fraction of sp³-hybridized carbons (Fsp3) is 0.294. The minimum absolute atomic E-state index is 0.363. The maximum Gasteiger partial charge on any atom is 0.418 e. The van der Waals surface area contributed by atoms with Crippen molar-refractivity contribution in [3.63, 3.8) is 0 Å². The maximum absolute atomic E-state index is 13.1. The molecule has 3 rings (SSSR count). The van der Waals surface area contributed by atoms with Crippen LogP contribution in [0.25, 0.3) is 0 Å². The summed E-state index contributed by atoms with van der Waals surface area (Å²) in [6.07, 6.45) is -3.02. The highest BCUT2D eigenvalue weighted by Gasteiger charge is 2.39. The third-order valence-corrected chi connectivity index (χ3v) is 4.06. The predicted molar refractivity (Wildman–Crippen MR) is 80.6 cm³/mol. The van der Waals surface area contributed by atoms with Crippen LogP contribution in [0.1, 0.15) is 35.0 Å². The van der Waals surface area contributed by atoms with Crippen molar-refractivity contribution in [3.8, 4) is 5.75 Å². The van der Waals surface area contributed by atoms with Crippen LogP contribution in [-0.4, -0.2) is 17.5 Å². The van der Waals surface area contributed by atoms with E-state index in [1.54, 1.807) is 31.2 Å². The van der Waals surface area contributed by atoms with Crippen LogP contribution in [0.5, 0.6) is 5.75 Å². The highest BCUT2D eigenvalue weighted by molar-refractivity contribution is 5.94. The lowest BCUT2D eigenvalue weighted by atomic mass is 9.86. The molecule has 0 fully saturated rings. The third-order valence-electron chi connectivity index (χ3n) is 4.06. The van der Waals surface area contributed by atoms with Crippen LogP contribution in [0.15, 0.2) is 42.6 Å². The molecule has 7 heteroatoms.